The Hall–Kier alpha value is -3.35. The summed E-state index contributed by atoms with van der Waals surface area (Å²) in [6.07, 6.45) is 0.355. The number of ether oxygens (including phenoxy) is 3. The quantitative estimate of drug-likeness (QED) is 0.720. The molecule has 0 bridgehead atoms. The van der Waals surface area contributed by atoms with Crippen molar-refractivity contribution in [1.29, 1.82) is 0 Å². The summed E-state index contributed by atoms with van der Waals surface area (Å²) in [6, 6.07) is 12.0. The van der Waals surface area contributed by atoms with Gasteiger partial charge in [-0.05, 0) is 30.2 Å². The highest BCUT2D eigenvalue weighted by atomic mass is 16.5. The molecule has 3 rings (SSSR count). The lowest BCUT2D eigenvalue weighted by atomic mass is 9.94. The third-order valence-electron chi connectivity index (χ3n) is 4.94. The summed E-state index contributed by atoms with van der Waals surface area (Å²) < 4.78 is 15.3. The van der Waals surface area contributed by atoms with Gasteiger partial charge in [-0.1, -0.05) is 35.9 Å². The molecule has 7 heteroatoms. The Morgan fingerprint density at radius 3 is 2.48 bits per heavy atom. The van der Waals surface area contributed by atoms with E-state index in [4.69, 9.17) is 14.2 Å². The van der Waals surface area contributed by atoms with Gasteiger partial charge in [-0.3, -0.25) is 4.79 Å². The number of methoxy groups -OCH3 is 2. The fraction of sp³-hybridized carbons (Fsp3) is 0.318. The number of rotatable bonds is 5. The lowest BCUT2D eigenvalue weighted by Crippen LogP contribution is -2.50. The van der Waals surface area contributed by atoms with E-state index in [1.54, 1.807) is 12.1 Å². The van der Waals surface area contributed by atoms with E-state index in [0.717, 1.165) is 16.7 Å². The number of benzene rings is 2. The van der Waals surface area contributed by atoms with Crippen molar-refractivity contribution in [3.05, 3.63) is 64.7 Å². The maximum atomic E-state index is 12.8. The maximum Gasteiger partial charge on any atom is 0.342 e. The molecule has 0 radical (unpaired) electrons. The van der Waals surface area contributed by atoms with Crippen LogP contribution in [0.15, 0.2) is 42.5 Å². The molecule has 0 unspecified atom stereocenters. The molecule has 2 aromatic carbocycles. The van der Waals surface area contributed by atoms with Crippen molar-refractivity contribution in [3.8, 4) is 5.75 Å². The number of amides is 1. The molecule has 0 saturated heterocycles. The van der Waals surface area contributed by atoms with Crippen LogP contribution in [0.3, 0.4) is 0 Å². The maximum absolute atomic E-state index is 12.8. The molecular weight excluding hydrogens is 374 g/mol. The molecule has 0 saturated carbocycles. The summed E-state index contributed by atoms with van der Waals surface area (Å²) >= 11 is 0. The summed E-state index contributed by atoms with van der Waals surface area (Å²) in [5, 5.41) is 0. The van der Waals surface area contributed by atoms with Crippen LogP contribution >= 0.6 is 0 Å². The molecule has 29 heavy (non-hydrogen) atoms. The highest BCUT2D eigenvalue weighted by Gasteiger charge is 2.35. The average molecular weight is 397 g/mol. The molecule has 1 atom stereocenters. The van der Waals surface area contributed by atoms with Crippen molar-refractivity contribution in [2.24, 2.45) is 0 Å². The van der Waals surface area contributed by atoms with Gasteiger partial charge in [0.05, 0.1) is 14.2 Å². The second-order valence-electron chi connectivity index (χ2n) is 6.81. The van der Waals surface area contributed by atoms with Crippen LogP contribution in [-0.4, -0.2) is 49.6 Å². The molecule has 1 aliphatic rings. The zero-order valence-corrected chi connectivity index (χ0v) is 16.6. The van der Waals surface area contributed by atoms with E-state index in [0.29, 0.717) is 12.2 Å². The van der Waals surface area contributed by atoms with Gasteiger partial charge in [0.15, 0.2) is 6.61 Å². The molecule has 0 N–H and O–H groups in total. The smallest absolute Gasteiger partial charge is 0.342 e. The zero-order valence-electron chi connectivity index (χ0n) is 16.6. The van der Waals surface area contributed by atoms with Crippen LogP contribution in [0.5, 0.6) is 5.75 Å². The summed E-state index contributed by atoms with van der Waals surface area (Å²) in [5.74, 6) is -1.26. The second-order valence-corrected chi connectivity index (χ2v) is 6.81. The lowest BCUT2D eigenvalue weighted by Gasteiger charge is -2.35. The molecule has 1 heterocycles. The Labute approximate surface area is 169 Å². The Kier molecular flexibility index (Phi) is 6.16. The van der Waals surface area contributed by atoms with Crippen molar-refractivity contribution < 1.29 is 28.6 Å². The highest BCUT2D eigenvalue weighted by Crippen LogP contribution is 2.25. The largest absolute Gasteiger partial charge is 0.496 e. The minimum atomic E-state index is -0.755. The van der Waals surface area contributed by atoms with Crippen LogP contribution in [-0.2, 0) is 32.0 Å². The molecule has 0 aromatic heterocycles. The molecule has 1 aliphatic heterocycles. The molecule has 7 nitrogen and oxygen atoms in total. The number of esters is 2. The molecule has 1 amide bonds. The van der Waals surface area contributed by atoms with E-state index in [2.05, 4.69) is 0 Å². The Morgan fingerprint density at radius 1 is 1.07 bits per heavy atom. The zero-order chi connectivity index (χ0) is 21.0. The molecule has 0 aliphatic carbocycles. The van der Waals surface area contributed by atoms with Gasteiger partial charge in [0.25, 0.3) is 5.91 Å². The van der Waals surface area contributed by atoms with Gasteiger partial charge < -0.3 is 19.1 Å². The minimum Gasteiger partial charge on any atom is -0.496 e. The van der Waals surface area contributed by atoms with Crippen LogP contribution in [0.2, 0.25) is 0 Å². The van der Waals surface area contributed by atoms with Gasteiger partial charge in [0, 0.05) is 13.0 Å². The van der Waals surface area contributed by atoms with Gasteiger partial charge in [-0.25, -0.2) is 9.59 Å². The third-order valence-corrected chi connectivity index (χ3v) is 4.94. The van der Waals surface area contributed by atoms with Crippen LogP contribution in [0.4, 0.5) is 0 Å². The van der Waals surface area contributed by atoms with Gasteiger partial charge in [-0.2, -0.15) is 0 Å². The topological polar surface area (TPSA) is 82.1 Å². The first-order valence-electron chi connectivity index (χ1n) is 9.20. The number of hydrogen-bond donors (Lipinski definition) is 0. The van der Waals surface area contributed by atoms with Gasteiger partial charge in [0.1, 0.15) is 17.4 Å². The van der Waals surface area contributed by atoms with Gasteiger partial charge >= 0.3 is 11.9 Å². The van der Waals surface area contributed by atoms with Crippen molar-refractivity contribution in [2.75, 3.05) is 20.8 Å². The van der Waals surface area contributed by atoms with Crippen molar-refractivity contribution in [1.82, 2.24) is 4.90 Å². The average Bonchev–Trinajstić information content (AvgIpc) is 2.75. The van der Waals surface area contributed by atoms with Crippen LogP contribution in [0.1, 0.15) is 27.0 Å². The van der Waals surface area contributed by atoms with E-state index >= 15 is 0 Å². The number of nitrogens with zero attached hydrogens (tertiary/aromatic N) is 1. The Morgan fingerprint density at radius 2 is 1.79 bits per heavy atom. The molecule has 0 spiro atoms. The number of carbonyl (C=O) groups excluding carboxylic acids is 3. The number of hydrogen-bond acceptors (Lipinski definition) is 6. The van der Waals surface area contributed by atoms with Gasteiger partial charge in [0.2, 0.25) is 0 Å². The van der Waals surface area contributed by atoms with E-state index in [-0.39, 0.29) is 12.1 Å². The van der Waals surface area contributed by atoms with Crippen molar-refractivity contribution >= 4 is 17.8 Å². The van der Waals surface area contributed by atoms with Gasteiger partial charge in [-0.15, -0.1) is 0 Å². The fourth-order valence-corrected chi connectivity index (χ4v) is 3.40. The normalized spacial score (nSPS) is 15.3. The molecule has 2 aromatic rings. The standard InChI is InChI=1S/C22H23NO6/c1-14-8-9-19(27-2)17(10-14)21(25)29-13-20(24)23-12-16-7-5-4-6-15(16)11-18(23)22(26)28-3/h4-10,18H,11-13H2,1-3H3/t18-/m1/s1. The third kappa shape index (κ3) is 4.39. The first-order valence-corrected chi connectivity index (χ1v) is 9.20. The van der Waals surface area contributed by atoms with E-state index < -0.39 is 30.5 Å². The highest BCUT2D eigenvalue weighted by molar-refractivity contribution is 5.94. The van der Waals surface area contributed by atoms with Crippen molar-refractivity contribution in [3.63, 3.8) is 0 Å². The van der Waals surface area contributed by atoms with Crippen LogP contribution in [0, 0.1) is 6.92 Å². The fourth-order valence-electron chi connectivity index (χ4n) is 3.40. The summed E-state index contributed by atoms with van der Waals surface area (Å²) in [5.41, 5.74) is 3.05. The molecule has 0 fully saturated rings. The summed E-state index contributed by atoms with van der Waals surface area (Å²) in [4.78, 5) is 38.9. The van der Waals surface area contributed by atoms with E-state index in [1.807, 2.05) is 37.3 Å². The predicted molar refractivity (Wildman–Crippen MR) is 105 cm³/mol. The molecular formula is C22H23NO6. The first-order chi connectivity index (χ1) is 13.9. The van der Waals surface area contributed by atoms with Crippen molar-refractivity contribution in [2.45, 2.75) is 25.9 Å². The first kappa shape index (κ1) is 20.4. The number of fused-ring (bicyclic) bond motifs is 1. The molecule has 152 valence electrons. The van der Waals surface area contributed by atoms with E-state index in [9.17, 15) is 14.4 Å². The van der Waals surface area contributed by atoms with Crippen LogP contribution in [0.25, 0.3) is 0 Å². The number of carbonyl (C=O) groups is 3. The monoisotopic (exact) mass is 397 g/mol. The van der Waals surface area contributed by atoms with Crippen LogP contribution < -0.4 is 4.74 Å². The predicted octanol–water partition coefficient (Wildman–Crippen LogP) is 2.29. The summed E-state index contributed by atoms with van der Waals surface area (Å²) in [7, 11) is 2.74. The Balaban J connectivity index is 1.74. The summed E-state index contributed by atoms with van der Waals surface area (Å²) in [6.45, 7) is 1.61. The SMILES string of the molecule is COC(=O)[C@H]1Cc2ccccc2CN1C(=O)COC(=O)c1cc(C)ccc1OC. The number of aryl methyl sites for hydroxylation is 1. The lowest BCUT2D eigenvalue weighted by molar-refractivity contribution is -0.155. The van der Waals surface area contributed by atoms with E-state index in [1.165, 1.54) is 19.1 Å². The second kappa shape index (κ2) is 8.77. The Bertz CT molecular complexity index is 939. The minimum absolute atomic E-state index is 0.244.